The largest absolute Gasteiger partial charge is 0.394 e. The molecule has 12 heavy (non-hydrogen) atoms. The zero-order valence-electron chi connectivity index (χ0n) is 7.03. The first-order valence-electron chi connectivity index (χ1n) is 4.23. The summed E-state index contributed by atoms with van der Waals surface area (Å²) in [5.41, 5.74) is 5.41. The number of hydrogen-bond donors (Lipinski definition) is 2. The molecule has 1 heterocycles. The van der Waals surface area contributed by atoms with Crippen molar-refractivity contribution in [1.82, 2.24) is 0 Å². The van der Waals surface area contributed by atoms with Crippen LogP contribution < -0.4 is 5.73 Å². The third-order valence-corrected chi connectivity index (χ3v) is 2.19. The third kappa shape index (κ3) is 2.27. The topological polar surface area (TPSA) is 72.5 Å². The van der Waals surface area contributed by atoms with Gasteiger partial charge in [0.05, 0.1) is 12.6 Å². The Kier molecular flexibility index (Phi) is 3.65. The molecule has 1 aliphatic rings. The summed E-state index contributed by atoms with van der Waals surface area (Å²) in [4.78, 5) is 11.4. The molecule has 0 saturated carbocycles. The van der Waals surface area contributed by atoms with Crippen molar-refractivity contribution < 1.29 is 14.6 Å². The molecule has 3 N–H and O–H groups in total. The lowest BCUT2D eigenvalue weighted by molar-refractivity contribution is -0.127. The molecule has 0 radical (unpaired) electrons. The van der Waals surface area contributed by atoms with Gasteiger partial charge in [0.25, 0.3) is 0 Å². The maximum absolute atomic E-state index is 11.4. The molecule has 1 aliphatic heterocycles. The van der Waals surface area contributed by atoms with Crippen molar-refractivity contribution in [3.8, 4) is 0 Å². The van der Waals surface area contributed by atoms with Gasteiger partial charge in [-0.25, -0.2) is 0 Å². The average Bonchev–Trinajstić information content (AvgIpc) is 2.17. The van der Waals surface area contributed by atoms with E-state index in [0.717, 1.165) is 12.8 Å². The SMILES string of the molecule is NC(CO)C(=O)C1CCOCC1. The lowest BCUT2D eigenvalue weighted by Gasteiger charge is -2.22. The van der Waals surface area contributed by atoms with Crippen molar-refractivity contribution in [3.05, 3.63) is 0 Å². The van der Waals surface area contributed by atoms with Crippen LogP contribution in [0.15, 0.2) is 0 Å². The van der Waals surface area contributed by atoms with Crippen LogP contribution in [0.2, 0.25) is 0 Å². The molecule has 4 nitrogen and oxygen atoms in total. The number of Topliss-reactive ketones (excluding diaryl/α,β-unsaturated/α-hetero) is 1. The van der Waals surface area contributed by atoms with Gasteiger partial charge in [-0.1, -0.05) is 0 Å². The van der Waals surface area contributed by atoms with E-state index in [1.54, 1.807) is 0 Å². The highest BCUT2D eigenvalue weighted by molar-refractivity contribution is 5.86. The van der Waals surface area contributed by atoms with Crippen molar-refractivity contribution in [1.29, 1.82) is 0 Å². The Hall–Kier alpha value is -0.450. The normalized spacial score (nSPS) is 22.2. The molecule has 0 spiro atoms. The zero-order valence-corrected chi connectivity index (χ0v) is 7.03. The molecule has 0 aromatic rings. The van der Waals surface area contributed by atoms with E-state index in [0.29, 0.717) is 13.2 Å². The van der Waals surface area contributed by atoms with Crippen LogP contribution in [-0.2, 0) is 9.53 Å². The molecular weight excluding hydrogens is 158 g/mol. The molecule has 0 amide bonds. The van der Waals surface area contributed by atoms with Crippen LogP contribution in [0, 0.1) is 5.92 Å². The second-order valence-electron chi connectivity index (χ2n) is 3.08. The number of aliphatic hydroxyl groups excluding tert-OH is 1. The Morgan fingerprint density at radius 3 is 2.67 bits per heavy atom. The Morgan fingerprint density at radius 1 is 1.58 bits per heavy atom. The predicted octanol–water partition coefficient (Wildman–Crippen LogP) is -0.698. The fraction of sp³-hybridized carbons (Fsp3) is 0.875. The van der Waals surface area contributed by atoms with Gasteiger partial charge in [-0.15, -0.1) is 0 Å². The Balaban J connectivity index is 2.39. The van der Waals surface area contributed by atoms with E-state index in [9.17, 15) is 4.79 Å². The van der Waals surface area contributed by atoms with Gasteiger partial charge in [-0.3, -0.25) is 4.79 Å². The molecule has 70 valence electrons. The van der Waals surface area contributed by atoms with E-state index >= 15 is 0 Å². The summed E-state index contributed by atoms with van der Waals surface area (Å²) in [5, 5.41) is 8.66. The molecule has 4 heteroatoms. The van der Waals surface area contributed by atoms with Gasteiger partial charge in [-0.05, 0) is 12.8 Å². The summed E-state index contributed by atoms with van der Waals surface area (Å²) >= 11 is 0. The quantitative estimate of drug-likeness (QED) is 0.592. The van der Waals surface area contributed by atoms with Gasteiger partial charge in [-0.2, -0.15) is 0 Å². The van der Waals surface area contributed by atoms with Crippen LogP contribution in [-0.4, -0.2) is 36.8 Å². The lowest BCUT2D eigenvalue weighted by atomic mass is 9.92. The van der Waals surface area contributed by atoms with Gasteiger partial charge >= 0.3 is 0 Å². The highest BCUT2D eigenvalue weighted by Gasteiger charge is 2.25. The van der Waals surface area contributed by atoms with Crippen LogP contribution in [0.25, 0.3) is 0 Å². The molecule has 1 unspecified atom stereocenters. The predicted molar refractivity (Wildman–Crippen MR) is 43.6 cm³/mol. The zero-order chi connectivity index (χ0) is 8.97. The molecule has 1 saturated heterocycles. The number of carbonyl (C=O) groups excluding carboxylic acids is 1. The number of ketones is 1. The fourth-order valence-electron chi connectivity index (χ4n) is 1.37. The van der Waals surface area contributed by atoms with Crippen molar-refractivity contribution in [3.63, 3.8) is 0 Å². The van der Waals surface area contributed by atoms with E-state index < -0.39 is 6.04 Å². The van der Waals surface area contributed by atoms with Crippen molar-refractivity contribution in [2.24, 2.45) is 11.7 Å². The molecule has 0 aromatic heterocycles. The second kappa shape index (κ2) is 4.54. The van der Waals surface area contributed by atoms with Crippen molar-refractivity contribution >= 4 is 5.78 Å². The molecule has 0 aliphatic carbocycles. The van der Waals surface area contributed by atoms with Crippen LogP contribution in [0.1, 0.15) is 12.8 Å². The first-order chi connectivity index (χ1) is 5.75. The molecular formula is C8H15NO3. The third-order valence-electron chi connectivity index (χ3n) is 2.19. The standard InChI is InChI=1S/C8H15NO3/c9-7(5-10)8(11)6-1-3-12-4-2-6/h6-7,10H,1-5,9H2. The fourth-order valence-corrected chi connectivity index (χ4v) is 1.37. The summed E-state index contributed by atoms with van der Waals surface area (Å²) in [5.74, 6) is -0.0262. The van der Waals surface area contributed by atoms with Crippen LogP contribution in [0.5, 0.6) is 0 Å². The van der Waals surface area contributed by atoms with E-state index in [2.05, 4.69) is 0 Å². The summed E-state index contributed by atoms with van der Waals surface area (Å²) < 4.78 is 5.11. The van der Waals surface area contributed by atoms with Gasteiger partial charge < -0.3 is 15.6 Å². The number of rotatable bonds is 3. The second-order valence-corrected chi connectivity index (χ2v) is 3.08. The summed E-state index contributed by atoms with van der Waals surface area (Å²) in [7, 11) is 0. The van der Waals surface area contributed by atoms with Crippen LogP contribution >= 0.6 is 0 Å². The minimum Gasteiger partial charge on any atom is -0.394 e. The van der Waals surface area contributed by atoms with E-state index in [1.165, 1.54) is 0 Å². The van der Waals surface area contributed by atoms with Gasteiger partial charge in [0, 0.05) is 19.1 Å². The van der Waals surface area contributed by atoms with Gasteiger partial charge in [0.2, 0.25) is 0 Å². The molecule has 0 bridgehead atoms. The minimum absolute atomic E-state index is 0.000833. The molecule has 0 aromatic carbocycles. The first-order valence-corrected chi connectivity index (χ1v) is 4.23. The number of nitrogens with two attached hydrogens (primary N) is 1. The summed E-state index contributed by atoms with van der Waals surface area (Å²) in [6.45, 7) is 1.01. The van der Waals surface area contributed by atoms with Crippen molar-refractivity contribution in [2.75, 3.05) is 19.8 Å². The Morgan fingerprint density at radius 2 is 2.17 bits per heavy atom. The maximum Gasteiger partial charge on any atom is 0.155 e. The number of aliphatic hydroxyl groups is 1. The highest BCUT2D eigenvalue weighted by atomic mass is 16.5. The van der Waals surface area contributed by atoms with Crippen LogP contribution in [0.3, 0.4) is 0 Å². The number of hydrogen-bond acceptors (Lipinski definition) is 4. The van der Waals surface area contributed by atoms with Crippen LogP contribution in [0.4, 0.5) is 0 Å². The first kappa shape index (κ1) is 9.64. The van der Waals surface area contributed by atoms with E-state index in [1.807, 2.05) is 0 Å². The Labute approximate surface area is 71.7 Å². The number of carbonyl (C=O) groups is 1. The van der Waals surface area contributed by atoms with Gasteiger partial charge in [0.1, 0.15) is 0 Å². The molecule has 1 rings (SSSR count). The minimum atomic E-state index is -0.701. The van der Waals surface area contributed by atoms with E-state index in [4.69, 9.17) is 15.6 Å². The average molecular weight is 173 g/mol. The Bertz CT molecular complexity index is 154. The molecule has 1 fully saturated rings. The summed E-state index contributed by atoms with van der Waals surface area (Å²) in [6, 6.07) is -0.701. The molecule has 1 atom stereocenters. The number of ether oxygens (including phenoxy) is 1. The maximum atomic E-state index is 11.4. The van der Waals surface area contributed by atoms with E-state index in [-0.39, 0.29) is 18.3 Å². The smallest absolute Gasteiger partial charge is 0.155 e. The van der Waals surface area contributed by atoms with Crippen molar-refractivity contribution in [2.45, 2.75) is 18.9 Å². The van der Waals surface area contributed by atoms with Gasteiger partial charge in [0.15, 0.2) is 5.78 Å². The monoisotopic (exact) mass is 173 g/mol. The highest BCUT2D eigenvalue weighted by Crippen LogP contribution is 2.16. The summed E-state index contributed by atoms with van der Waals surface area (Å²) in [6.07, 6.45) is 1.49. The lowest BCUT2D eigenvalue weighted by Crippen LogP contribution is -2.40.